The highest BCUT2D eigenvalue weighted by Crippen LogP contribution is 2.43. The molecular formula is C3H5F3O2P+. The fourth-order valence-electron chi connectivity index (χ4n) is 0.190. The Morgan fingerprint density at radius 2 is 2.00 bits per heavy atom. The van der Waals surface area contributed by atoms with Gasteiger partial charge in [-0.15, -0.1) is 17.7 Å². The van der Waals surface area contributed by atoms with E-state index in [1.54, 1.807) is 0 Å². The van der Waals surface area contributed by atoms with Crippen LogP contribution in [0.15, 0.2) is 0 Å². The van der Waals surface area contributed by atoms with Crippen LogP contribution in [0, 0.1) is 0 Å². The minimum Gasteiger partial charge on any atom is -0.139 e. The van der Waals surface area contributed by atoms with Crippen LogP contribution in [0.25, 0.3) is 0 Å². The number of alkyl halides is 3. The molecule has 0 aromatic rings. The van der Waals surface area contributed by atoms with Gasteiger partial charge < -0.3 is 0 Å². The van der Waals surface area contributed by atoms with Gasteiger partial charge >= 0.3 is 13.9 Å². The van der Waals surface area contributed by atoms with Crippen LogP contribution in [0.4, 0.5) is 13.2 Å². The highest BCUT2D eigenvalue weighted by Gasteiger charge is 2.55. The predicted molar refractivity (Wildman–Crippen MR) is 25.3 cm³/mol. The summed E-state index contributed by atoms with van der Waals surface area (Å²) in [6.45, 7) is 1.16. The Kier molecular flexibility index (Phi) is 3.08. The third kappa shape index (κ3) is 3.43. The third-order valence-electron chi connectivity index (χ3n) is 0.453. The molecule has 54 valence electrons. The van der Waals surface area contributed by atoms with Gasteiger partial charge in [-0.05, 0) is 11.5 Å². The van der Waals surface area contributed by atoms with E-state index in [2.05, 4.69) is 4.52 Å². The average Bonchev–Trinajstić information content (AvgIpc) is 1.64. The van der Waals surface area contributed by atoms with Crippen molar-refractivity contribution in [1.29, 1.82) is 0 Å². The van der Waals surface area contributed by atoms with Crippen molar-refractivity contribution >= 4 is 8.03 Å². The van der Waals surface area contributed by atoms with Gasteiger partial charge in [0.05, 0.1) is 0 Å². The molecule has 0 saturated carbocycles. The predicted octanol–water partition coefficient (Wildman–Crippen LogP) is 2.29. The molecule has 1 unspecified atom stereocenters. The minimum atomic E-state index is -4.70. The lowest BCUT2D eigenvalue weighted by atomic mass is 10.9. The van der Waals surface area contributed by atoms with Crippen molar-refractivity contribution in [2.45, 2.75) is 12.8 Å². The first-order valence-corrected chi connectivity index (χ1v) is 3.33. The molecule has 0 saturated heterocycles. The van der Waals surface area contributed by atoms with Gasteiger partial charge in [0.25, 0.3) is 0 Å². The Bertz CT molecular complexity index is 110. The van der Waals surface area contributed by atoms with Gasteiger partial charge in [-0.1, -0.05) is 0 Å². The van der Waals surface area contributed by atoms with Gasteiger partial charge in [-0.2, -0.15) is 0 Å². The van der Waals surface area contributed by atoms with Crippen LogP contribution in [0.5, 0.6) is 0 Å². The van der Waals surface area contributed by atoms with Gasteiger partial charge in [-0.25, -0.2) is 0 Å². The van der Waals surface area contributed by atoms with Crippen LogP contribution in [0.2, 0.25) is 0 Å². The van der Waals surface area contributed by atoms with Crippen molar-refractivity contribution in [3.63, 3.8) is 0 Å². The second kappa shape index (κ2) is 3.13. The Morgan fingerprint density at radius 3 is 2.11 bits per heavy atom. The number of halogens is 3. The zero-order valence-corrected chi connectivity index (χ0v) is 5.50. The fraction of sp³-hybridized carbons (Fsp3) is 1.00. The second-order valence-electron chi connectivity index (χ2n) is 1.14. The summed E-state index contributed by atoms with van der Waals surface area (Å²) < 4.78 is 47.3. The summed E-state index contributed by atoms with van der Waals surface area (Å²) >= 11 is 0. The SMILES string of the molecule is CCO[P+](=O)C(F)(F)F. The first-order valence-electron chi connectivity index (χ1n) is 2.15. The van der Waals surface area contributed by atoms with E-state index in [-0.39, 0.29) is 6.61 Å². The van der Waals surface area contributed by atoms with E-state index in [1.165, 1.54) is 6.92 Å². The molecule has 0 aliphatic carbocycles. The lowest BCUT2D eigenvalue weighted by Gasteiger charge is -1.87. The van der Waals surface area contributed by atoms with E-state index < -0.39 is 13.9 Å². The number of rotatable bonds is 2. The molecule has 0 spiro atoms. The quantitative estimate of drug-likeness (QED) is 0.580. The van der Waals surface area contributed by atoms with Crippen molar-refractivity contribution in [1.82, 2.24) is 0 Å². The average molecular weight is 161 g/mol. The van der Waals surface area contributed by atoms with Gasteiger partial charge in [0, 0.05) is 0 Å². The molecule has 0 aliphatic rings. The highest BCUT2D eigenvalue weighted by atomic mass is 31.1. The van der Waals surface area contributed by atoms with Gasteiger partial charge in [0.2, 0.25) is 0 Å². The maximum absolute atomic E-state index is 11.2. The smallest absolute Gasteiger partial charge is 0.139 e. The summed E-state index contributed by atoms with van der Waals surface area (Å²) in [5.41, 5.74) is 0. The van der Waals surface area contributed by atoms with Crippen molar-refractivity contribution in [2.75, 3.05) is 6.61 Å². The van der Waals surface area contributed by atoms with Crippen molar-refractivity contribution in [3.05, 3.63) is 0 Å². The Hall–Kier alpha value is -0.150. The van der Waals surface area contributed by atoms with Crippen molar-refractivity contribution in [3.8, 4) is 0 Å². The van der Waals surface area contributed by atoms with E-state index >= 15 is 0 Å². The normalized spacial score (nSPS) is 13.6. The van der Waals surface area contributed by atoms with Gasteiger partial charge in [0.15, 0.2) is 0 Å². The standard InChI is InChI=1S/C3H5F3O2P/c1-2-8-9(7)3(4,5)6/h2H2,1H3/q+1. The van der Waals surface area contributed by atoms with E-state index in [1.807, 2.05) is 0 Å². The molecule has 2 nitrogen and oxygen atoms in total. The number of hydrogen-bond donors (Lipinski definition) is 0. The molecule has 0 aromatic heterocycles. The van der Waals surface area contributed by atoms with E-state index in [4.69, 9.17) is 0 Å². The molecule has 0 N–H and O–H groups in total. The maximum Gasteiger partial charge on any atom is 0.639 e. The second-order valence-corrected chi connectivity index (χ2v) is 2.42. The lowest BCUT2D eigenvalue weighted by Crippen LogP contribution is -2.01. The van der Waals surface area contributed by atoms with E-state index in [0.717, 1.165) is 0 Å². The zero-order valence-electron chi connectivity index (χ0n) is 4.60. The monoisotopic (exact) mass is 161 g/mol. The Labute approximate surface area is 50.9 Å². The molecule has 0 fully saturated rings. The summed E-state index contributed by atoms with van der Waals surface area (Å²) in [5.74, 6) is -4.70. The van der Waals surface area contributed by atoms with Crippen molar-refractivity contribution < 1.29 is 22.3 Å². The minimum absolute atomic E-state index is 0.186. The largest absolute Gasteiger partial charge is 0.639 e. The highest BCUT2D eigenvalue weighted by molar-refractivity contribution is 7.40. The molecular weight excluding hydrogens is 156 g/mol. The van der Waals surface area contributed by atoms with Crippen LogP contribution >= 0.6 is 8.03 Å². The molecule has 9 heavy (non-hydrogen) atoms. The summed E-state index contributed by atoms with van der Waals surface area (Å²) in [7, 11) is -3.47. The molecule has 0 heterocycles. The summed E-state index contributed by atoms with van der Waals surface area (Å²) in [4.78, 5) is 0. The maximum atomic E-state index is 11.2. The molecule has 0 radical (unpaired) electrons. The van der Waals surface area contributed by atoms with Gasteiger partial charge in [0.1, 0.15) is 6.61 Å². The molecule has 0 rings (SSSR count). The van der Waals surface area contributed by atoms with E-state index in [0.29, 0.717) is 0 Å². The summed E-state index contributed by atoms with van der Waals surface area (Å²) in [5, 5.41) is 0. The Balaban J connectivity index is 3.74. The molecule has 0 aliphatic heterocycles. The van der Waals surface area contributed by atoms with Crippen LogP contribution in [0.1, 0.15) is 6.92 Å². The lowest BCUT2D eigenvalue weighted by molar-refractivity contribution is -0.0527. The Morgan fingerprint density at radius 1 is 1.56 bits per heavy atom. The first kappa shape index (κ1) is 8.85. The molecule has 1 atom stereocenters. The van der Waals surface area contributed by atoms with E-state index in [9.17, 15) is 17.7 Å². The fourth-order valence-corrected chi connectivity index (χ4v) is 0.571. The number of hydrogen-bond acceptors (Lipinski definition) is 2. The van der Waals surface area contributed by atoms with Crippen LogP contribution in [-0.4, -0.2) is 12.5 Å². The molecule has 0 aromatic carbocycles. The molecule has 0 bridgehead atoms. The molecule has 0 amide bonds. The van der Waals surface area contributed by atoms with Crippen LogP contribution < -0.4 is 0 Å². The first-order chi connectivity index (χ1) is 3.98. The third-order valence-corrected chi connectivity index (χ3v) is 1.36. The topological polar surface area (TPSA) is 26.3 Å². The van der Waals surface area contributed by atoms with Crippen LogP contribution in [-0.2, 0) is 9.09 Å². The summed E-state index contributed by atoms with van der Waals surface area (Å²) in [6.07, 6.45) is 0. The van der Waals surface area contributed by atoms with Crippen molar-refractivity contribution in [2.24, 2.45) is 0 Å². The molecule has 6 heteroatoms. The summed E-state index contributed by atoms with van der Waals surface area (Å²) in [6, 6.07) is 0. The van der Waals surface area contributed by atoms with Gasteiger partial charge in [-0.3, -0.25) is 0 Å². The van der Waals surface area contributed by atoms with Crippen LogP contribution in [0.3, 0.4) is 0 Å². The zero-order chi connectivity index (χ0) is 7.49.